The number of carbonyl (C=O) groups is 1. The average Bonchev–Trinajstić information content (AvgIpc) is 3.05. The van der Waals surface area contributed by atoms with E-state index in [1.165, 1.54) is 6.92 Å². The second kappa shape index (κ2) is 8.85. The van der Waals surface area contributed by atoms with Crippen LogP contribution in [-0.4, -0.2) is 27.4 Å². The third-order valence-electron chi connectivity index (χ3n) is 4.83. The van der Waals surface area contributed by atoms with E-state index in [0.29, 0.717) is 26.0 Å². The molecule has 0 unspecified atom stereocenters. The number of anilines is 1. The summed E-state index contributed by atoms with van der Waals surface area (Å²) in [6.07, 6.45) is 1.34. The Balaban J connectivity index is 1.61. The maximum absolute atomic E-state index is 11.3. The van der Waals surface area contributed by atoms with Gasteiger partial charge in [0.05, 0.1) is 17.9 Å². The second-order valence-corrected chi connectivity index (χ2v) is 7.15. The normalized spacial score (nSPS) is 11.9. The number of rotatable bonds is 4. The smallest absolute Gasteiger partial charge is 0.221 e. The highest BCUT2D eigenvalue weighted by molar-refractivity contribution is 5.88. The van der Waals surface area contributed by atoms with Crippen molar-refractivity contribution in [1.29, 1.82) is 0 Å². The third-order valence-corrected chi connectivity index (χ3v) is 4.83. The van der Waals surface area contributed by atoms with E-state index in [2.05, 4.69) is 17.2 Å². The summed E-state index contributed by atoms with van der Waals surface area (Å²) in [6.45, 7) is 2.62. The minimum absolute atomic E-state index is 0.112. The molecule has 152 valence electrons. The molecule has 2 aromatic carbocycles. The fourth-order valence-corrected chi connectivity index (χ4v) is 3.39. The third kappa shape index (κ3) is 4.37. The molecule has 0 radical (unpaired) electrons. The first kappa shape index (κ1) is 19.7. The van der Waals surface area contributed by atoms with Gasteiger partial charge in [-0.05, 0) is 24.6 Å². The molecule has 0 bridgehead atoms. The van der Waals surface area contributed by atoms with Crippen molar-refractivity contribution in [2.45, 2.75) is 32.9 Å². The Kier molecular flexibility index (Phi) is 5.82. The molecule has 0 fully saturated rings. The van der Waals surface area contributed by atoms with E-state index in [0.717, 1.165) is 39.5 Å². The number of benzene rings is 2. The number of aliphatic hydroxyl groups excluding tert-OH is 1. The summed E-state index contributed by atoms with van der Waals surface area (Å²) in [4.78, 5) is 11.3. The molecule has 3 aromatic rings. The van der Waals surface area contributed by atoms with Gasteiger partial charge in [0.15, 0.2) is 0 Å². The molecule has 0 spiro atoms. The summed E-state index contributed by atoms with van der Waals surface area (Å²) in [5, 5.41) is 16.5. The Hall–Kier alpha value is -3.56. The summed E-state index contributed by atoms with van der Waals surface area (Å²) in [7, 11) is 0. The van der Waals surface area contributed by atoms with Gasteiger partial charge in [-0.1, -0.05) is 36.1 Å². The predicted octanol–water partition coefficient (Wildman–Crippen LogP) is 3.57. The first-order valence-corrected chi connectivity index (χ1v) is 9.93. The summed E-state index contributed by atoms with van der Waals surface area (Å²) in [6, 6.07) is 15.7. The Morgan fingerprint density at radius 1 is 1.27 bits per heavy atom. The Morgan fingerprint density at radius 3 is 2.97 bits per heavy atom. The largest absolute Gasteiger partial charge is 0.487 e. The van der Waals surface area contributed by atoms with E-state index >= 15 is 0 Å². The van der Waals surface area contributed by atoms with Crippen LogP contribution in [0.15, 0.2) is 48.5 Å². The highest BCUT2D eigenvalue weighted by Crippen LogP contribution is 2.30. The first-order valence-electron chi connectivity index (χ1n) is 9.93. The van der Waals surface area contributed by atoms with Crippen molar-refractivity contribution < 1.29 is 14.6 Å². The molecule has 1 amide bonds. The number of ether oxygens (including phenoxy) is 1. The number of aliphatic hydroxyl groups is 1. The maximum Gasteiger partial charge on any atom is 0.221 e. The van der Waals surface area contributed by atoms with Gasteiger partial charge in [0.2, 0.25) is 5.91 Å². The highest BCUT2D eigenvalue weighted by Gasteiger charge is 2.18. The highest BCUT2D eigenvalue weighted by atomic mass is 16.5. The van der Waals surface area contributed by atoms with Gasteiger partial charge in [0.25, 0.3) is 0 Å². The number of nitrogens with zero attached hydrogens (tertiary/aromatic N) is 2. The predicted molar refractivity (Wildman–Crippen MR) is 115 cm³/mol. The van der Waals surface area contributed by atoms with Crippen molar-refractivity contribution >= 4 is 11.6 Å². The lowest BCUT2D eigenvalue weighted by Crippen LogP contribution is -2.06. The number of unbranched alkanes of at least 4 members (excludes halogenated alkanes) is 1. The van der Waals surface area contributed by atoms with E-state index in [9.17, 15) is 4.79 Å². The van der Waals surface area contributed by atoms with Crippen molar-refractivity contribution in [2.75, 3.05) is 11.9 Å². The Labute approximate surface area is 175 Å². The molecule has 0 atom stereocenters. The van der Waals surface area contributed by atoms with Crippen LogP contribution >= 0.6 is 0 Å². The molecule has 0 aliphatic carbocycles. The molecule has 2 heterocycles. The zero-order valence-electron chi connectivity index (χ0n) is 16.8. The Bertz CT molecular complexity index is 1140. The molecule has 6 heteroatoms. The minimum atomic E-state index is -0.112. The number of hydrogen-bond acceptors (Lipinski definition) is 4. The standard InChI is InChI=1S/C24H23N3O3/c1-17(29)25-20-11-10-19-15-27-21(16-30-24(19)13-20)14-23(26-27)22-9-5-4-8-18(22)7-3-2-6-12-28/h4-5,8-11,13-14,28H,2,6,12,15-16H2,1H3,(H,25,29). The average molecular weight is 401 g/mol. The molecule has 4 rings (SSSR count). The topological polar surface area (TPSA) is 76.4 Å². The molecule has 2 N–H and O–H groups in total. The van der Waals surface area contributed by atoms with Gasteiger partial charge in [0.1, 0.15) is 12.4 Å². The van der Waals surface area contributed by atoms with E-state index < -0.39 is 0 Å². The molecule has 0 saturated heterocycles. The molecule has 6 nitrogen and oxygen atoms in total. The van der Waals surface area contributed by atoms with Gasteiger partial charge < -0.3 is 15.2 Å². The number of nitrogens with one attached hydrogen (secondary N) is 1. The zero-order valence-corrected chi connectivity index (χ0v) is 16.8. The van der Waals surface area contributed by atoms with Crippen LogP contribution in [0.4, 0.5) is 5.69 Å². The number of carbonyl (C=O) groups excluding carboxylic acids is 1. The summed E-state index contributed by atoms with van der Waals surface area (Å²) in [5.74, 6) is 6.96. The quantitative estimate of drug-likeness (QED) is 0.518. The van der Waals surface area contributed by atoms with Gasteiger partial charge in [-0.15, -0.1) is 0 Å². The number of hydrogen-bond donors (Lipinski definition) is 2. The van der Waals surface area contributed by atoms with Crippen molar-refractivity contribution in [3.63, 3.8) is 0 Å². The molecule has 1 aliphatic heterocycles. The van der Waals surface area contributed by atoms with Crippen molar-refractivity contribution in [1.82, 2.24) is 9.78 Å². The van der Waals surface area contributed by atoms with Gasteiger partial charge in [-0.25, -0.2) is 0 Å². The van der Waals surface area contributed by atoms with Crippen LogP contribution in [0.2, 0.25) is 0 Å². The lowest BCUT2D eigenvalue weighted by atomic mass is 10.0. The second-order valence-electron chi connectivity index (χ2n) is 7.15. The van der Waals surface area contributed by atoms with Gasteiger partial charge >= 0.3 is 0 Å². The fourth-order valence-electron chi connectivity index (χ4n) is 3.39. The van der Waals surface area contributed by atoms with Gasteiger partial charge in [-0.3, -0.25) is 9.48 Å². The van der Waals surface area contributed by atoms with Gasteiger partial charge in [0, 0.05) is 48.4 Å². The van der Waals surface area contributed by atoms with Crippen LogP contribution in [0.25, 0.3) is 11.3 Å². The van der Waals surface area contributed by atoms with E-state index in [1.807, 2.05) is 53.2 Å². The monoisotopic (exact) mass is 401 g/mol. The molecule has 1 aromatic heterocycles. The van der Waals surface area contributed by atoms with E-state index in [-0.39, 0.29) is 12.5 Å². The number of amides is 1. The first-order chi connectivity index (χ1) is 14.6. The molecule has 1 aliphatic rings. The van der Waals surface area contributed by atoms with Crippen LogP contribution in [0, 0.1) is 11.8 Å². The summed E-state index contributed by atoms with van der Waals surface area (Å²) < 4.78 is 7.96. The van der Waals surface area contributed by atoms with Crippen molar-refractivity contribution in [2.24, 2.45) is 0 Å². The molecule has 0 saturated carbocycles. The van der Waals surface area contributed by atoms with Gasteiger partial charge in [-0.2, -0.15) is 5.10 Å². The summed E-state index contributed by atoms with van der Waals surface area (Å²) >= 11 is 0. The lowest BCUT2D eigenvalue weighted by molar-refractivity contribution is -0.114. The minimum Gasteiger partial charge on any atom is -0.487 e. The van der Waals surface area contributed by atoms with Crippen LogP contribution in [0.1, 0.15) is 36.6 Å². The van der Waals surface area contributed by atoms with E-state index in [1.54, 1.807) is 0 Å². The Morgan fingerprint density at radius 2 is 2.13 bits per heavy atom. The maximum atomic E-state index is 11.3. The lowest BCUT2D eigenvalue weighted by Gasteiger charge is -2.09. The van der Waals surface area contributed by atoms with Crippen LogP contribution in [0.5, 0.6) is 5.75 Å². The summed E-state index contributed by atoms with van der Waals surface area (Å²) in [5.41, 5.74) is 5.47. The van der Waals surface area contributed by atoms with Crippen molar-refractivity contribution in [3.05, 3.63) is 65.4 Å². The molecular formula is C24H23N3O3. The molecular weight excluding hydrogens is 378 g/mol. The van der Waals surface area contributed by atoms with Crippen LogP contribution in [0.3, 0.4) is 0 Å². The van der Waals surface area contributed by atoms with Crippen LogP contribution in [-0.2, 0) is 17.9 Å². The van der Waals surface area contributed by atoms with E-state index in [4.69, 9.17) is 14.9 Å². The molecule has 30 heavy (non-hydrogen) atoms. The zero-order chi connectivity index (χ0) is 20.9. The van der Waals surface area contributed by atoms with Crippen LogP contribution < -0.4 is 10.1 Å². The SMILES string of the molecule is CC(=O)Nc1ccc2c(c1)OCc1cc(-c3ccccc3C#CCCCO)nn1C2. The number of fused-ring (bicyclic) bond motifs is 2. The number of aromatic nitrogens is 2. The fraction of sp³-hybridized carbons (Fsp3) is 0.250. The van der Waals surface area contributed by atoms with Crippen molar-refractivity contribution in [3.8, 4) is 28.8 Å².